The van der Waals surface area contributed by atoms with Crippen LogP contribution < -0.4 is 0 Å². The smallest absolute Gasteiger partial charge is 0.253 e. The lowest BCUT2D eigenvalue weighted by molar-refractivity contribution is 0.0707. The number of carbonyl (C=O) groups excluding carboxylic acids is 1. The fourth-order valence-electron chi connectivity index (χ4n) is 3.41. The summed E-state index contributed by atoms with van der Waals surface area (Å²) in [6.07, 6.45) is 1.48. The molecule has 2 heterocycles. The number of rotatable bonds is 3. The molecule has 1 aliphatic rings. The number of likely N-dealkylation sites (tertiary alicyclic amines) is 1. The van der Waals surface area contributed by atoms with E-state index in [1.807, 2.05) is 48.2 Å². The summed E-state index contributed by atoms with van der Waals surface area (Å²) < 4.78 is 5.83. The third kappa shape index (κ3) is 3.52. The summed E-state index contributed by atoms with van der Waals surface area (Å²) in [5.74, 6) is 0.959. The average Bonchev–Trinajstić information content (AvgIpc) is 3.24. The Labute approximate surface area is 163 Å². The molecule has 0 spiro atoms. The Bertz CT molecular complexity index is 1030. The van der Waals surface area contributed by atoms with Gasteiger partial charge in [-0.1, -0.05) is 18.2 Å². The van der Waals surface area contributed by atoms with Gasteiger partial charge in [0.25, 0.3) is 5.91 Å². The van der Waals surface area contributed by atoms with Gasteiger partial charge in [0, 0.05) is 35.7 Å². The normalized spacial score (nSPS) is 14.6. The van der Waals surface area contributed by atoms with Crippen molar-refractivity contribution in [1.82, 2.24) is 15.1 Å². The lowest BCUT2D eigenvalue weighted by Gasteiger charge is -2.29. The van der Waals surface area contributed by atoms with Crippen molar-refractivity contribution in [2.24, 2.45) is 5.92 Å². The number of nitrogens with zero attached hydrogens (tertiary/aromatic N) is 4. The Morgan fingerprint density at radius 1 is 1.07 bits per heavy atom. The van der Waals surface area contributed by atoms with Gasteiger partial charge >= 0.3 is 0 Å². The molecule has 1 saturated heterocycles. The molecule has 1 aliphatic heterocycles. The molecule has 0 atom stereocenters. The van der Waals surface area contributed by atoms with Crippen LogP contribution >= 0.6 is 0 Å². The molecule has 0 radical (unpaired) electrons. The van der Waals surface area contributed by atoms with Gasteiger partial charge in [-0.25, -0.2) is 0 Å². The summed E-state index contributed by atoms with van der Waals surface area (Å²) in [6.45, 7) is 3.25. The van der Waals surface area contributed by atoms with Crippen LogP contribution in [0.4, 0.5) is 0 Å². The minimum Gasteiger partial charge on any atom is -0.416 e. The molecule has 1 aromatic heterocycles. The van der Waals surface area contributed by atoms with E-state index in [9.17, 15) is 4.79 Å². The van der Waals surface area contributed by atoms with Crippen molar-refractivity contribution in [3.63, 3.8) is 0 Å². The van der Waals surface area contributed by atoms with Crippen molar-refractivity contribution >= 4 is 5.91 Å². The molecule has 28 heavy (non-hydrogen) atoms. The van der Waals surface area contributed by atoms with E-state index in [0.717, 1.165) is 29.5 Å². The Morgan fingerprint density at radius 3 is 2.43 bits per heavy atom. The second-order valence-corrected chi connectivity index (χ2v) is 7.00. The molecule has 6 nitrogen and oxygen atoms in total. The highest BCUT2D eigenvalue weighted by atomic mass is 16.4. The molecule has 1 fully saturated rings. The zero-order chi connectivity index (χ0) is 19.5. The number of carbonyl (C=O) groups is 1. The predicted molar refractivity (Wildman–Crippen MR) is 104 cm³/mol. The summed E-state index contributed by atoms with van der Waals surface area (Å²) >= 11 is 0. The predicted octanol–water partition coefficient (Wildman–Crippen LogP) is 4.09. The lowest BCUT2D eigenvalue weighted by atomic mass is 9.98. The van der Waals surface area contributed by atoms with Crippen LogP contribution in [0, 0.1) is 24.2 Å². The number of piperidine rings is 1. The van der Waals surface area contributed by atoms with E-state index in [1.165, 1.54) is 0 Å². The van der Waals surface area contributed by atoms with Crippen molar-refractivity contribution in [1.29, 1.82) is 5.26 Å². The van der Waals surface area contributed by atoms with Gasteiger partial charge in [0.1, 0.15) is 0 Å². The molecule has 4 rings (SSSR count). The second kappa shape index (κ2) is 7.65. The molecule has 0 unspecified atom stereocenters. The summed E-state index contributed by atoms with van der Waals surface area (Å²) in [4.78, 5) is 14.5. The Balaban J connectivity index is 1.49. The zero-order valence-corrected chi connectivity index (χ0v) is 15.6. The van der Waals surface area contributed by atoms with Gasteiger partial charge < -0.3 is 9.32 Å². The monoisotopic (exact) mass is 372 g/mol. The van der Waals surface area contributed by atoms with Gasteiger partial charge in [0.05, 0.1) is 6.07 Å². The number of hydrogen-bond acceptors (Lipinski definition) is 5. The minimum atomic E-state index is -0.00549. The largest absolute Gasteiger partial charge is 0.416 e. The van der Waals surface area contributed by atoms with Crippen molar-refractivity contribution in [3.8, 4) is 29.0 Å². The quantitative estimate of drug-likeness (QED) is 0.691. The minimum absolute atomic E-state index is 0.00549. The van der Waals surface area contributed by atoms with Crippen LogP contribution in [-0.2, 0) is 0 Å². The highest BCUT2D eigenvalue weighted by molar-refractivity contribution is 5.94. The molecular weight excluding hydrogens is 352 g/mol. The SMILES string of the molecule is Cc1ccccc1-c1nnc(-c2ccc(C(=O)N3CCC(C#N)CC3)cc2)o1. The van der Waals surface area contributed by atoms with Crippen LogP contribution in [0.5, 0.6) is 0 Å². The average molecular weight is 372 g/mol. The van der Waals surface area contributed by atoms with E-state index >= 15 is 0 Å². The van der Waals surface area contributed by atoms with Gasteiger partial charge in [0.2, 0.25) is 11.8 Å². The van der Waals surface area contributed by atoms with Gasteiger partial charge in [-0.3, -0.25) is 4.79 Å². The number of amides is 1. The highest BCUT2D eigenvalue weighted by Gasteiger charge is 2.23. The van der Waals surface area contributed by atoms with E-state index in [4.69, 9.17) is 9.68 Å². The maximum Gasteiger partial charge on any atom is 0.253 e. The molecule has 2 aromatic carbocycles. The Morgan fingerprint density at radius 2 is 1.75 bits per heavy atom. The number of benzene rings is 2. The van der Waals surface area contributed by atoms with Crippen molar-refractivity contribution in [3.05, 3.63) is 59.7 Å². The number of aryl methyl sites for hydroxylation is 1. The van der Waals surface area contributed by atoms with Crippen LogP contribution in [0.25, 0.3) is 22.9 Å². The molecule has 0 aliphatic carbocycles. The third-order valence-electron chi connectivity index (χ3n) is 5.14. The topological polar surface area (TPSA) is 83.0 Å². The zero-order valence-electron chi connectivity index (χ0n) is 15.6. The van der Waals surface area contributed by atoms with Crippen LogP contribution in [0.1, 0.15) is 28.8 Å². The number of hydrogen-bond donors (Lipinski definition) is 0. The molecule has 0 saturated carbocycles. The summed E-state index contributed by atoms with van der Waals surface area (Å²) in [5.41, 5.74) is 3.37. The molecule has 3 aromatic rings. The molecule has 6 heteroatoms. The van der Waals surface area contributed by atoms with E-state index in [0.29, 0.717) is 30.4 Å². The summed E-state index contributed by atoms with van der Waals surface area (Å²) in [5, 5.41) is 17.3. The second-order valence-electron chi connectivity index (χ2n) is 7.00. The van der Waals surface area contributed by atoms with Gasteiger partial charge in [-0.05, 0) is 55.7 Å². The highest BCUT2D eigenvalue weighted by Crippen LogP contribution is 2.26. The Kier molecular flexibility index (Phi) is 4.90. The molecule has 1 amide bonds. The maximum atomic E-state index is 12.7. The maximum absolute atomic E-state index is 12.7. The number of nitriles is 1. The van der Waals surface area contributed by atoms with Crippen molar-refractivity contribution in [2.75, 3.05) is 13.1 Å². The van der Waals surface area contributed by atoms with Gasteiger partial charge in [0.15, 0.2) is 0 Å². The first kappa shape index (κ1) is 17.9. The fourth-order valence-corrected chi connectivity index (χ4v) is 3.41. The van der Waals surface area contributed by atoms with Crippen LogP contribution in [0.15, 0.2) is 52.9 Å². The lowest BCUT2D eigenvalue weighted by Crippen LogP contribution is -2.38. The van der Waals surface area contributed by atoms with E-state index < -0.39 is 0 Å². The molecule has 0 bridgehead atoms. The van der Waals surface area contributed by atoms with E-state index in [1.54, 1.807) is 12.1 Å². The molecule has 140 valence electrons. The third-order valence-corrected chi connectivity index (χ3v) is 5.14. The fraction of sp³-hybridized carbons (Fsp3) is 0.273. The molecular formula is C22H20N4O2. The first-order chi connectivity index (χ1) is 13.7. The van der Waals surface area contributed by atoms with E-state index in [-0.39, 0.29) is 11.8 Å². The number of aromatic nitrogens is 2. The van der Waals surface area contributed by atoms with E-state index in [2.05, 4.69) is 16.3 Å². The van der Waals surface area contributed by atoms with Crippen LogP contribution in [0.3, 0.4) is 0 Å². The van der Waals surface area contributed by atoms with Crippen LogP contribution in [-0.4, -0.2) is 34.1 Å². The van der Waals surface area contributed by atoms with Crippen molar-refractivity contribution in [2.45, 2.75) is 19.8 Å². The summed E-state index contributed by atoms with van der Waals surface area (Å²) in [7, 11) is 0. The van der Waals surface area contributed by atoms with Gasteiger partial charge in [-0.15, -0.1) is 10.2 Å². The van der Waals surface area contributed by atoms with Crippen molar-refractivity contribution < 1.29 is 9.21 Å². The van der Waals surface area contributed by atoms with Crippen LogP contribution in [0.2, 0.25) is 0 Å². The standard InChI is InChI=1S/C22H20N4O2/c1-15-4-2-3-5-19(15)21-25-24-20(28-21)17-6-8-18(9-7-17)22(27)26-12-10-16(14-23)11-13-26/h2-9,16H,10-13H2,1H3. The summed E-state index contributed by atoms with van der Waals surface area (Å²) in [6, 6.07) is 17.3. The molecule has 0 N–H and O–H groups in total. The Hall–Kier alpha value is -3.46. The first-order valence-electron chi connectivity index (χ1n) is 9.34. The first-order valence-corrected chi connectivity index (χ1v) is 9.34. The van der Waals surface area contributed by atoms with Gasteiger partial charge in [-0.2, -0.15) is 5.26 Å².